The molecule has 0 amide bonds. The van der Waals surface area contributed by atoms with Crippen LogP contribution < -0.4 is 5.73 Å². The van der Waals surface area contributed by atoms with E-state index in [1.165, 1.54) is 12.4 Å². The number of nitrogen functional groups attached to an aromatic ring is 1. The molecule has 22 heavy (non-hydrogen) atoms. The number of furan rings is 1. The molecule has 0 aliphatic heterocycles. The number of rotatable bonds is 4. The Morgan fingerprint density at radius 2 is 2.05 bits per heavy atom. The van der Waals surface area contributed by atoms with E-state index in [-0.39, 0.29) is 29.9 Å². The van der Waals surface area contributed by atoms with E-state index >= 15 is 0 Å². The molecule has 9 nitrogen and oxygen atoms in total. The normalized spacial score (nSPS) is 10.6. The lowest BCUT2D eigenvalue weighted by Crippen LogP contribution is -2.11. The predicted octanol–water partition coefficient (Wildman–Crippen LogP) is 1.82. The Bertz CT molecular complexity index is 815. The molecule has 0 aliphatic rings. The molecular weight excluding hydrogens is 358 g/mol. The highest BCUT2D eigenvalue weighted by atomic mass is 79.9. The number of carbonyl (C=O) groups is 1. The summed E-state index contributed by atoms with van der Waals surface area (Å²) in [6.45, 7) is -0.219. The van der Waals surface area contributed by atoms with Gasteiger partial charge in [0.05, 0.1) is 0 Å². The zero-order valence-electron chi connectivity index (χ0n) is 10.9. The van der Waals surface area contributed by atoms with Crippen molar-refractivity contribution in [1.82, 2.24) is 20.2 Å². The van der Waals surface area contributed by atoms with Gasteiger partial charge in [0, 0.05) is 12.4 Å². The lowest BCUT2D eigenvalue weighted by Gasteiger charge is -2.02. The van der Waals surface area contributed by atoms with Crippen molar-refractivity contribution in [1.29, 1.82) is 0 Å². The van der Waals surface area contributed by atoms with E-state index in [2.05, 4.69) is 36.1 Å². The van der Waals surface area contributed by atoms with Crippen LogP contribution in [-0.4, -0.2) is 26.1 Å². The van der Waals surface area contributed by atoms with Crippen LogP contribution in [0, 0.1) is 0 Å². The molecule has 0 saturated carbocycles. The van der Waals surface area contributed by atoms with Gasteiger partial charge in [0.1, 0.15) is 0 Å². The SMILES string of the molecule is Nc1nccnc1C(=O)OCc1nnc(-c2ccc(Br)o2)o1. The van der Waals surface area contributed by atoms with Crippen molar-refractivity contribution in [3.8, 4) is 11.7 Å². The number of halogens is 1. The van der Waals surface area contributed by atoms with E-state index in [0.717, 1.165) is 0 Å². The van der Waals surface area contributed by atoms with Crippen LogP contribution >= 0.6 is 15.9 Å². The van der Waals surface area contributed by atoms with E-state index in [9.17, 15) is 4.79 Å². The summed E-state index contributed by atoms with van der Waals surface area (Å²) in [6, 6.07) is 3.35. The zero-order chi connectivity index (χ0) is 15.5. The molecule has 3 heterocycles. The van der Waals surface area contributed by atoms with Gasteiger partial charge in [-0.25, -0.2) is 14.8 Å². The number of nitrogens with zero attached hydrogens (tertiary/aromatic N) is 4. The first-order chi connectivity index (χ1) is 10.6. The third-order valence-corrected chi connectivity index (χ3v) is 2.92. The molecule has 10 heteroatoms. The third kappa shape index (κ3) is 2.96. The molecule has 3 aromatic rings. The Labute approximate surface area is 131 Å². The minimum Gasteiger partial charge on any atom is -0.451 e. The van der Waals surface area contributed by atoms with Gasteiger partial charge in [0.15, 0.2) is 28.5 Å². The second-order valence-corrected chi connectivity index (χ2v) is 4.75. The molecule has 0 unspecified atom stereocenters. The Hall–Kier alpha value is -2.75. The summed E-state index contributed by atoms with van der Waals surface area (Å²) < 4.78 is 16.1. The summed E-state index contributed by atoms with van der Waals surface area (Å²) in [5.74, 6) is -0.0607. The van der Waals surface area contributed by atoms with Crippen molar-refractivity contribution in [3.63, 3.8) is 0 Å². The van der Waals surface area contributed by atoms with Crippen LogP contribution in [0.15, 0.2) is 38.0 Å². The number of anilines is 1. The van der Waals surface area contributed by atoms with Gasteiger partial charge >= 0.3 is 5.97 Å². The second kappa shape index (κ2) is 5.93. The van der Waals surface area contributed by atoms with Crippen LogP contribution in [0.1, 0.15) is 16.4 Å². The minimum atomic E-state index is -0.730. The molecule has 0 aliphatic carbocycles. The first-order valence-corrected chi connectivity index (χ1v) is 6.74. The predicted molar refractivity (Wildman–Crippen MR) is 75.3 cm³/mol. The molecule has 3 aromatic heterocycles. The number of hydrogen-bond donors (Lipinski definition) is 1. The zero-order valence-corrected chi connectivity index (χ0v) is 12.5. The van der Waals surface area contributed by atoms with Crippen molar-refractivity contribution >= 4 is 27.7 Å². The van der Waals surface area contributed by atoms with E-state index in [4.69, 9.17) is 19.3 Å². The number of nitrogens with two attached hydrogens (primary N) is 1. The lowest BCUT2D eigenvalue weighted by molar-refractivity contribution is 0.0432. The van der Waals surface area contributed by atoms with Gasteiger partial charge in [-0.05, 0) is 28.1 Å². The molecule has 112 valence electrons. The van der Waals surface area contributed by atoms with Crippen LogP contribution in [0.4, 0.5) is 5.82 Å². The molecule has 2 N–H and O–H groups in total. The maximum Gasteiger partial charge on any atom is 0.361 e. The van der Waals surface area contributed by atoms with Gasteiger partial charge in [-0.15, -0.1) is 10.2 Å². The molecular formula is C12H8BrN5O4. The summed E-state index contributed by atoms with van der Waals surface area (Å²) >= 11 is 3.17. The molecule has 0 spiro atoms. The van der Waals surface area contributed by atoms with E-state index in [0.29, 0.717) is 10.4 Å². The van der Waals surface area contributed by atoms with Crippen LogP contribution in [0.5, 0.6) is 0 Å². The van der Waals surface area contributed by atoms with E-state index < -0.39 is 5.97 Å². The van der Waals surface area contributed by atoms with Crippen LogP contribution in [0.3, 0.4) is 0 Å². The van der Waals surface area contributed by atoms with Gasteiger partial charge in [0.2, 0.25) is 0 Å². The summed E-state index contributed by atoms with van der Waals surface area (Å²) in [6.07, 6.45) is 2.71. The van der Waals surface area contributed by atoms with Gasteiger partial charge in [0.25, 0.3) is 11.8 Å². The van der Waals surface area contributed by atoms with Gasteiger partial charge in [-0.1, -0.05) is 0 Å². The quantitative estimate of drug-likeness (QED) is 0.687. The highest BCUT2D eigenvalue weighted by Gasteiger charge is 2.17. The first-order valence-electron chi connectivity index (χ1n) is 5.95. The standard InChI is InChI=1S/C12H8BrN5O4/c13-7-2-1-6(21-7)11-18-17-8(22-11)5-20-12(19)9-10(14)16-4-3-15-9/h1-4H,5H2,(H2,14,16). The lowest BCUT2D eigenvalue weighted by atomic mass is 10.4. The maximum atomic E-state index is 11.8. The Kier molecular flexibility index (Phi) is 3.83. The van der Waals surface area contributed by atoms with Crippen LogP contribution in [0.25, 0.3) is 11.7 Å². The molecule has 0 fully saturated rings. The summed E-state index contributed by atoms with van der Waals surface area (Å²) in [4.78, 5) is 19.3. The van der Waals surface area contributed by atoms with E-state index in [1.54, 1.807) is 12.1 Å². The summed E-state index contributed by atoms with van der Waals surface area (Å²) in [5, 5.41) is 7.55. The maximum absolute atomic E-state index is 11.8. The van der Waals surface area contributed by atoms with Gasteiger partial charge in [-0.2, -0.15) is 0 Å². The second-order valence-electron chi connectivity index (χ2n) is 3.97. The highest BCUT2D eigenvalue weighted by Crippen LogP contribution is 2.23. The first kappa shape index (κ1) is 14.2. The number of esters is 1. The Morgan fingerprint density at radius 3 is 2.77 bits per heavy atom. The van der Waals surface area contributed by atoms with Gasteiger partial charge in [-0.3, -0.25) is 0 Å². The van der Waals surface area contributed by atoms with Crippen LogP contribution in [-0.2, 0) is 11.3 Å². The van der Waals surface area contributed by atoms with Crippen molar-refractivity contribution in [2.75, 3.05) is 5.73 Å². The fourth-order valence-electron chi connectivity index (χ4n) is 1.54. The van der Waals surface area contributed by atoms with Crippen LogP contribution in [0.2, 0.25) is 0 Å². The average molecular weight is 366 g/mol. The largest absolute Gasteiger partial charge is 0.451 e. The fraction of sp³-hybridized carbons (Fsp3) is 0.0833. The minimum absolute atomic E-state index is 0.0147. The van der Waals surface area contributed by atoms with Crippen molar-refractivity contribution in [3.05, 3.63) is 40.8 Å². The molecule has 0 aromatic carbocycles. The molecule has 0 atom stereocenters. The number of hydrogen-bond acceptors (Lipinski definition) is 9. The monoisotopic (exact) mass is 365 g/mol. The number of aromatic nitrogens is 4. The highest BCUT2D eigenvalue weighted by molar-refractivity contribution is 9.10. The number of carbonyl (C=O) groups excluding carboxylic acids is 1. The third-order valence-electron chi connectivity index (χ3n) is 2.50. The average Bonchev–Trinajstić information content (AvgIpc) is 3.14. The molecule has 3 rings (SSSR count). The molecule has 0 saturated heterocycles. The topological polar surface area (TPSA) is 130 Å². The van der Waals surface area contributed by atoms with Gasteiger partial charge < -0.3 is 19.3 Å². The summed E-state index contributed by atoms with van der Waals surface area (Å²) in [7, 11) is 0. The smallest absolute Gasteiger partial charge is 0.361 e. The molecule has 0 radical (unpaired) electrons. The summed E-state index contributed by atoms with van der Waals surface area (Å²) in [5.41, 5.74) is 5.46. The Morgan fingerprint density at radius 1 is 1.23 bits per heavy atom. The van der Waals surface area contributed by atoms with E-state index in [1.807, 2.05) is 0 Å². The van der Waals surface area contributed by atoms with Crippen molar-refractivity contribution < 1.29 is 18.4 Å². The van der Waals surface area contributed by atoms with Crippen molar-refractivity contribution in [2.45, 2.75) is 6.61 Å². The fourth-order valence-corrected chi connectivity index (χ4v) is 1.85. The molecule has 0 bridgehead atoms. The number of ether oxygens (including phenoxy) is 1. The van der Waals surface area contributed by atoms with Crippen molar-refractivity contribution in [2.24, 2.45) is 0 Å². The Balaban J connectivity index is 1.66.